The maximum atomic E-state index is 12.5. The minimum atomic E-state index is 0.103. The predicted octanol–water partition coefficient (Wildman–Crippen LogP) is 2.72. The van der Waals surface area contributed by atoms with Gasteiger partial charge < -0.3 is 9.47 Å². The zero-order valence-electron chi connectivity index (χ0n) is 11.1. The van der Waals surface area contributed by atoms with Crippen LogP contribution in [0, 0.1) is 0 Å². The van der Waals surface area contributed by atoms with E-state index in [-0.39, 0.29) is 5.56 Å². The molecule has 1 aromatic heterocycles. The van der Waals surface area contributed by atoms with Crippen molar-refractivity contribution < 1.29 is 0 Å². The Kier molecular flexibility index (Phi) is 3.91. The van der Waals surface area contributed by atoms with Crippen molar-refractivity contribution in [3.63, 3.8) is 0 Å². The van der Waals surface area contributed by atoms with Crippen molar-refractivity contribution >= 4 is 21.7 Å². The Morgan fingerprint density at radius 2 is 2.16 bits per heavy atom. The summed E-state index contributed by atoms with van der Waals surface area (Å²) >= 11 is 3.48. The van der Waals surface area contributed by atoms with E-state index in [1.165, 1.54) is 19.3 Å². The molecule has 2 fully saturated rings. The largest absolute Gasteiger partial charge is 0.349 e. The van der Waals surface area contributed by atoms with E-state index in [1.54, 1.807) is 6.20 Å². The van der Waals surface area contributed by atoms with Crippen LogP contribution < -0.4 is 10.5 Å². The van der Waals surface area contributed by atoms with Gasteiger partial charge in [0.05, 0.1) is 0 Å². The second kappa shape index (κ2) is 5.65. The van der Waals surface area contributed by atoms with Gasteiger partial charge in [-0.3, -0.25) is 4.79 Å². The first-order valence-electron chi connectivity index (χ1n) is 7.21. The first kappa shape index (κ1) is 13.2. The number of alkyl halides is 1. The average molecular weight is 326 g/mol. The molecule has 5 heteroatoms. The summed E-state index contributed by atoms with van der Waals surface area (Å²) in [6, 6.07) is 0.947. The van der Waals surface area contributed by atoms with Gasteiger partial charge in [-0.05, 0) is 38.5 Å². The maximum Gasteiger partial charge on any atom is 0.293 e. The van der Waals surface area contributed by atoms with Gasteiger partial charge in [-0.2, -0.15) is 0 Å². The fourth-order valence-corrected chi connectivity index (χ4v) is 2.89. The van der Waals surface area contributed by atoms with Crippen LogP contribution >= 0.6 is 15.9 Å². The van der Waals surface area contributed by atoms with Crippen LogP contribution in [0.2, 0.25) is 0 Å². The maximum absolute atomic E-state index is 12.5. The number of anilines is 1. The molecule has 0 aromatic carbocycles. The van der Waals surface area contributed by atoms with E-state index < -0.39 is 0 Å². The van der Waals surface area contributed by atoms with Crippen LogP contribution in [0.5, 0.6) is 0 Å². The Hall–Kier alpha value is -0.840. The lowest BCUT2D eigenvalue weighted by atomic mass is 9.91. The summed E-state index contributed by atoms with van der Waals surface area (Å²) in [5, 5.41) is 0.972. The summed E-state index contributed by atoms with van der Waals surface area (Å²) in [5.74, 6) is 0.667. The van der Waals surface area contributed by atoms with Gasteiger partial charge in [0.1, 0.15) is 0 Å². The van der Waals surface area contributed by atoms with Crippen molar-refractivity contribution in [3.8, 4) is 0 Å². The number of hydrogen-bond donors (Lipinski definition) is 0. The van der Waals surface area contributed by atoms with E-state index in [0.29, 0.717) is 17.9 Å². The standard InChI is InChI=1S/C14H20BrN3O/c15-7-2-9-17(11-3-1-4-11)13-14(19)18(10-8-16-13)12-5-6-12/h8,10-12H,1-7,9H2. The Labute approximate surface area is 122 Å². The van der Waals surface area contributed by atoms with Crippen molar-refractivity contribution in [2.45, 2.75) is 50.6 Å². The Morgan fingerprint density at radius 3 is 2.74 bits per heavy atom. The van der Waals surface area contributed by atoms with E-state index in [0.717, 1.165) is 31.1 Å². The molecule has 0 N–H and O–H groups in total. The average Bonchev–Trinajstić information content (AvgIpc) is 3.17. The quantitative estimate of drug-likeness (QED) is 0.755. The molecule has 0 spiro atoms. The SMILES string of the molecule is O=c1c(N(CCCBr)C2CCC2)nccn1C1CC1. The molecule has 0 bridgehead atoms. The minimum absolute atomic E-state index is 0.103. The Morgan fingerprint density at radius 1 is 1.37 bits per heavy atom. The van der Waals surface area contributed by atoms with E-state index in [9.17, 15) is 4.79 Å². The molecule has 3 rings (SSSR count). The minimum Gasteiger partial charge on any atom is -0.349 e. The second-order valence-corrected chi connectivity index (χ2v) is 6.31. The highest BCUT2D eigenvalue weighted by Gasteiger charge is 2.30. The molecule has 1 aromatic rings. The normalized spacial score (nSPS) is 19.2. The van der Waals surface area contributed by atoms with Crippen LogP contribution in [0.3, 0.4) is 0 Å². The Bertz CT molecular complexity index is 494. The molecule has 2 saturated carbocycles. The first-order chi connectivity index (χ1) is 9.31. The smallest absolute Gasteiger partial charge is 0.293 e. The van der Waals surface area contributed by atoms with Gasteiger partial charge >= 0.3 is 0 Å². The number of rotatable bonds is 6. The molecule has 0 radical (unpaired) electrons. The highest BCUT2D eigenvalue weighted by Crippen LogP contribution is 2.34. The lowest BCUT2D eigenvalue weighted by Gasteiger charge is -2.38. The van der Waals surface area contributed by atoms with Crippen LogP contribution in [0.4, 0.5) is 5.82 Å². The molecule has 104 valence electrons. The number of aromatic nitrogens is 2. The van der Waals surface area contributed by atoms with Gasteiger partial charge in [-0.1, -0.05) is 15.9 Å². The number of halogens is 1. The van der Waals surface area contributed by atoms with Crippen molar-refractivity contribution in [2.24, 2.45) is 0 Å². The summed E-state index contributed by atoms with van der Waals surface area (Å²) in [7, 11) is 0. The van der Waals surface area contributed by atoms with E-state index in [1.807, 2.05) is 10.8 Å². The molecular formula is C14H20BrN3O. The molecule has 19 heavy (non-hydrogen) atoms. The van der Waals surface area contributed by atoms with Gasteiger partial charge in [-0.25, -0.2) is 4.98 Å². The summed E-state index contributed by atoms with van der Waals surface area (Å²) in [5.41, 5.74) is 0.103. The lowest BCUT2D eigenvalue weighted by molar-refractivity contribution is 0.382. The van der Waals surface area contributed by atoms with Crippen molar-refractivity contribution in [1.29, 1.82) is 0 Å². The third-order valence-electron chi connectivity index (χ3n) is 4.11. The van der Waals surface area contributed by atoms with E-state index in [4.69, 9.17) is 0 Å². The molecule has 4 nitrogen and oxygen atoms in total. The summed E-state index contributed by atoms with van der Waals surface area (Å²) in [4.78, 5) is 19.2. The van der Waals surface area contributed by atoms with Gasteiger partial charge in [0.25, 0.3) is 5.56 Å². The van der Waals surface area contributed by atoms with E-state index >= 15 is 0 Å². The molecule has 1 heterocycles. The first-order valence-corrected chi connectivity index (χ1v) is 8.33. The molecule has 0 saturated heterocycles. The van der Waals surface area contributed by atoms with Crippen LogP contribution in [0.15, 0.2) is 17.2 Å². The monoisotopic (exact) mass is 325 g/mol. The third kappa shape index (κ3) is 2.71. The van der Waals surface area contributed by atoms with Crippen LogP contribution in [0.1, 0.15) is 44.6 Å². The highest BCUT2D eigenvalue weighted by atomic mass is 79.9. The molecule has 2 aliphatic rings. The molecule has 2 aliphatic carbocycles. The van der Waals surface area contributed by atoms with Gasteiger partial charge in [0, 0.05) is 36.4 Å². The molecule has 0 aliphatic heterocycles. The molecule has 0 unspecified atom stereocenters. The summed E-state index contributed by atoms with van der Waals surface area (Å²) in [6.07, 6.45) is 10.6. The van der Waals surface area contributed by atoms with Crippen LogP contribution in [-0.4, -0.2) is 27.5 Å². The fraction of sp³-hybridized carbons (Fsp3) is 0.714. The fourth-order valence-electron chi connectivity index (χ4n) is 2.64. The van der Waals surface area contributed by atoms with Crippen LogP contribution in [-0.2, 0) is 0 Å². The predicted molar refractivity (Wildman–Crippen MR) is 80.2 cm³/mol. The highest BCUT2D eigenvalue weighted by molar-refractivity contribution is 9.09. The Balaban J connectivity index is 1.88. The summed E-state index contributed by atoms with van der Waals surface area (Å²) < 4.78 is 1.88. The third-order valence-corrected chi connectivity index (χ3v) is 4.67. The topological polar surface area (TPSA) is 38.1 Å². The zero-order valence-corrected chi connectivity index (χ0v) is 12.7. The van der Waals surface area contributed by atoms with Crippen LogP contribution in [0.25, 0.3) is 0 Å². The molecular weight excluding hydrogens is 306 g/mol. The van der Waals surface area contributed by atoms with Gasteiger partial charge in [-0.15, -0.1) is 0 Å². The van der Waals surface area contributed by atoms with Crippen molar-refractivity contribution in [1.82, 2.24) is 9.55 Å². The van der Waals surface area contributed by atoms with Gasteiger partial charge in [0.2, 0.25) is 0 Å². The number of nitrogens with zero attached hydrogens (tertiary/aromatic N) is 3. The second-order valence-electron chi connectivity index (χ2n) is 5.52. The number of hydrogen-bond acceptors (Lipinski definition) is 3. The molecule has 0 atom stereocenters. The van der Waals surface area contributed by atoms with Crippen molar-refractivity contribution in [2.75, 3.05) is 16.8 Å². The zero-order chi connectivity index (χ0) is 13.2. The summed E-state index contributed by atoms with van der Waals surface area (Å²) in [6.45, 7) is 0.923. The van der Waals surface area contributed by atoms with Gasteiger partial charge in [0.15, 0.2) is 5.82 Å². The lowest BCUT2D eigenvalue weighted by Crippen LogP contribution is -2.45. The molecule has 0 amide bonds. The van der Waals surface area contributed by atoms with E-state index in [2.05, 4.69) is 25.8 Å². The van der Waals surface area contributed by atoms with Crippen molar-refractivity contribution in [3.05, 3.63) is 22.7 Å².